The molecule has 2 heterocycles. The van der Waals surface area contributed by atoms with E-state index in [1.807, 2.05) is 12.1 Å². The zero-order valence-corrected chi connectivity index (χ0v) is 31.4. The van der Waals surface area contributed by atoms with E-state index in [2.05, 4.69) is 216 Å². The molecular formula is C53H37N3O. The SMILES string of the molecule is CN1c2ccccc2N(c2ccccc2)c2ccc(-c3ccc(N(c4ccc(-c5ccc6oc7ccccc7c6c5)cc4)c4cccc5ccccc45)cc3)cc21. The van der Waals surface area contributed by atoms with Crippen LogP contribution in [0.4, 0.5) is 45.5 Å². The van der Waals surface area contributed by atoms with Gasteiger partial charge in [-0.3, -0.25) is 0 Å². The monoisotopic (exact) mass is 731 g/mol. The van der Waals surface area contributed by atoms with E-state index in [-0.39, 0.29) is 0 Å². The highest BCUT2D eigenvalue weighted by Crippen LogP contribution is 2.51. The van der Waals surface area contributed by atoms with Gasteiger partial charge < -0.3 is 19.1 Å². The Balaban J connectivity index is 0.975. The third kappa shape index (κ3) is 5.53. The van der Waals surface area contributed by atoms with Gasteiger partial charge in [-0.1, -0.05) is 121 Å². The zero-order valence-electron chi connectivity index (χ0n) is 31.4. The fraction of sp³-hybridized carbons (Fsp3) is 0.0189. The van der Waals surface area contributed by atoms with E-state index in [1.165, 1.54) is 27.7 Å². The molecule has 0 unspecified atom stereocenters. The summed E-state index contributed by atoms with van der Waals surface area (Å²) in [4.78, 5) is 7.05. The van der Waals surface area contributed by atoms with Gasteiger partial charge in [-0.15, -0.1) is 0 Å². The van der Waals surface area contributed by atoms with E-state index in [4.69, 9.17) is 4.42 Å². The van der Waals surface area contributed by atoms with Crippen LogP contribution in [-0.2, 0) is 0 Å². The number of hydrogen-bond donors (Lipinski definition) is 0. The zero-order chi connectivity index (χ0) is 37.9. The van der Waals surface area contributed by atoms with Gasteiger partial charge in [0.15, 0.2) is 0 Å². The van der Waals surface area contributed by atoms with Crippen LogP contribution in [0.1, 0.15) is 0 Å². The fourth-order valence-electron chi connectivity index (χ4n) is 8.55. The van der Waals surface area contributed by atoms with Gasteiger partial charge >= 0.3 is 0 Å². The quantitative estimate of drug-likeness (QED) is 0.170. The van der Waals surface area contributed by atoms with Crippen molar-refractivity contribution in [1.29, 1.82) is 0 Å². The highest BCUT2D eigenvalue weighted by molar-refractivity contribution is 6.06. The van der Waals surface area contributed by atoms with Crippen molar-refractivity contribution in [3.05, 3.63) is 206 Å². The van der Waals surface area contributed by atoms with Gasteiger partial charge in [0, 0.05) is 40.3 Å². The van der Waals surface area contributed by atoms with Crippen molar-refractivity contribution >= 4 is 78.2 Å². The molecule has 0 saturated carbocycles. The minimum atomic E-state index is 0.907. The van der Waals surface area contributed by atoms with Crippen molar-refractivity contribution < 1.29 is 4.42 Å². The maximum Gasteiger partial charge on any atom is 0.135 e. The second-order valence-corrected chi connectivity index (χ2v) is 14.7. The number of benzene rings is 9. The van der Waals surface area contributed by atoms with Crippen molar-refractivity contribution in [2.24, 2.45) is 0 Å². The molecule has 0 fully saturated rings. The molecule has 0 amide bonds. The lowest BCUT2D eigenvalue weighted by molar-refractivity contribution is 0.669. The smallest absolute Gasteiger partial charge is 0.135 e. The summed E-state index contributed by atoms with van der Waals surface area (Å²) in [7, 11) is 2.16. The van der Waals surface area contributed by atoms with Crippen molar-refractivity contribution in [1.82, 2.24) is 0 Å². The summed E-state index contributed by atoms with van der Waals surface area (Å²) in [6, 6.07) is 73.9. The molecule has 4 heteroatoms. The van der Waals surface area contributed by atoms with Crippen LogP contribution in [0.2, 0.25) is 0 Å². The van der Waals surface area contributed by atoms with Crippen molar-refractivity contribution in [3.63, 3.8) is 0 Å². The largest absolute Gasteiger partial charge is 0.456 e. The highest BCUT2D eigenvalue weighted by atomic mass is 16.3. The summed E-state index contributed by atoms with van der Waals surface area (Å²) in [5, 5.41) is 4.68. The summed E-state index contributed by atoms with van der Waals surface area (Å²) in [6.45, 7) is 0. The number of anilines is 8. The highest BCUT2D eigenvalue weighted by Gasteiger charge is 2.27. The Morgan fingerprint density at radius 3 is 1.72 bits per heavy atom. The molecule has 0 radical (unpaired) electrons. The first-order valence-corrected chi connectivity index (χ1v) is 19.4. The molecular weight excluding hydrogens is 695 g/mol. The van der Waals surface area contributed by atoms with E-state index < -0.39 is 0 Å². The Morgan fingerprint density at radius 2 is 0.947 bits per heavy atom. The maximum absolute atomic E-state index is 6.12. The Labute approximate surface area is 331 Å². The molecule has 10 aromatic rings. The molecule has 1 aromatic heterocycles. The standard InChI is InChI=1S/C53H37N3O/c1-54-48-18-8-9-19-49(48)56(41-14-3-2-4-15-41)50-32-26-40(35-51(50)54)37-24-30-43(31-25-37)55(47-20-11-13-38-12-5-6-16-44(38)47)42-28-22-36(23-29-42)39-27-33-53-46(34-39)45-17-7-10-21-52(45)57-53/h2-35H,1H3. The number of para-hydroxylation sites is 4. The number of furan rings is 1. The van der Waals surface area contributed by atoms with Crippen molar-refractivity contribution in [2.45, 2.75) is 0 Å². The summed E-state index contributed by atoms with van der Waals surface area (Å²) in [6.07, 6.45) is 0. The fourth-order valence-corrected chi connectivity index (χ4v) is 8.55. The molecule has 1 aliphatic heterocycles. The molecule has 4 nitrogen and oxygen atoms in total. The molecule has 0 spiro atoms. The van der Waals surface area contributed by atoms with E-state index >= 15 is 0 Å². The van der Waals surface area contributed by atoms with E-state index in [9.17, 15) is 0 Å². The summed E-state index contributed by atoms with van der Waals surface area (Å²) < 4.78 is 6.12. The van der Waals surface area contributed by atoms with Gasteiger partial charge in [0.25, 0.3) is 0 Å². The third-order valence-electron chi connectivity index (χ3n) is 11.4. The molecule has 0 bridgehead atoms. The molecule has 0 saturated heterocycles. The van der Waals surface area contributed by atoms with E-state index in [1.54, 1.807) is 0 Å². The lowest BCUT2D eigenvalue weighted by Crippen LogP contribution is -2.24. The lowest BCUT2D eigenvalue weighted by atomic mass is 9.99. The maximum atomic E-state index is 6.12. The van der Waals surface area contributed by atoms with E-state index in [0.29, 0.717) is 0 Å². The van der Waals surface area contributed by atoms with Crippen molar-refractivity contribution in [2.75, 3.05) is 21.7 Å². The Morgan fingerprint density at radius 1 is 0.386 bits per heavy atom. The second-order valence-electron chi connectivity index (χ2n) is 14.7. The second kappa shape index (κ2) is 13.3. The van der Waals surface area contributed by atoms with Crippen LogP contribution in [0.25, 0.3) is 55.0 Å². The van der Waals surface area contributed by atoms with Gasteiger partial charge in [-0.05, 0) is 113 Å². The predicted molar refractivity (Wildman–Crippen MR) is 240 cm³/mol. The first-order valence-electron chi connectivity index (χ1n) is 19.4. The molecule has 270 valence electrons. The average Bonchev–Trinajstić information content (AvgIpc) is 3.66. The van der Waals surface area contributed by atoms with Crippen LogP contribution < -0.4 is 14.7 Å². The van der Waals surface area contributed by atoms with Gasteiger partial charge in [-0.25, -0.2) is 0 Å². The summed E-state index contributed by atoms with van der Waals surface area (Å²) >= 11 is 0. The molecule has 0 aliphatic carbocycles. The van der Waals surface area contributed by atoms with Gasteiger partial charge in [0.05, 0.1) is 28.4 Å². The Hall–Kier alpha value is -7.56. The Kier molecular flexibility index (Phi) is 7.68. The molecule has 11 rings (SSSR count). The summed E-state index contributed by atoms with van der Waals surface area (Å²) in [5.41, 5.74) is 15.6. The van der Waals surface area contributed by atoms with Crippen LogP contribution >= 0.6 is 0 Å². The topological polar surface area (TPSA) is 22.9 Å². The number of fused-ring (bicyclic) bond motifs is 6. The first kappa shape index (κ1) is 32.8. The van der Waals surface area contributed by atoms with Crippen molar-refractivity contribution in [3.8, 4) is 22.3 Å². The third-order valence-corrected chi connectivity index (χ3v) is 11.4. The van der Waals surface area contributed by atoms with Crippen LogP contribution in [0.5, 0.6) is 0 Å². The Bertz CT molecular complexity index is 3090. The minimum Gasteiger partial charge on any atom is -0.456 e. The number of rotatable bonds is 6. The summed E-state index contributed by atoms with van der Waals surface area (Å²) in [5.74, 6) is 0. The van der Waals surface area contributed by atoms with Crippen LogP contribution in [-0.4, -0.2) is 7.05 Å². The molecule has 0 atom stereocenters. The van der Waals surface area contributed by atoms with Gasteiger partial charge in [-0.2, -0.15) is 0 Å². The van der Waals surface area contributed by atoms with E-state index in [0.717, 1.165) is 72.8 Å². The molecule has 1 aliphatic rings. The number of hydrogen-bond acceptors (Lipinski definition) is 4. The molecule has 0 N–H and O–H groups in total. The lowest BCUT2D eigenvalue weighted by Gasteiger charge is -2.38. The van der Waals surface area contributed by atoms with Crippen LogP contribution in [0, 0.1) is 0 Å². The van der Waals surface area contributed by atoms with Crippen LogP contribution in [0.3, 0.4) is 0 Å². The first-order chi connectivity index (χ1) is 28.2. The predicted octanol–water partition coefficient (Wildman–Crippen LogP) is 15.1. The van der Waals surface area contributed by atoms with Gasteiger partial charge in [0.2, 0.25) is 0 Å². The average molecular weight is 732 g/mol. The molecule has 9 aromatic carbocycles. The number of nitrogens with zero attached hydrogens (tertiary/aromatic N) is 3. The molecule has 57 heavy (non-hydrogen) atoms. The normalized spacial score (nSPS) is 12.2. The van der Waals surface area contributed by atoms with Gasteiger partial charge in [0.1, 0.15) is 11.2 Å². The minimum absolute atomic E-state index is 0.907. The van der Waals surface area contributed by atoms with Crippen LogP contribution in [0.15, 0.2) is 211 Å².